The molecule has 0 amide bonds. The minimum absolute atomic E-state index is 0.169. The third kappa shape index (κ3) is 4.42. The van der Waals surface area contributed by atoms with Crippen molar-refractivity contribution in [3.05, 3.63) is 93.7 Å². The van der Waals surface area contributed by atoms with E-state index in [2.05, 4.69) is 15.9 Å². The molecule has 160 valence electrons. The van der Waals surface area contributed by atoms with Gasteiger partial charge >= 0.3 is 6.18 Å². The van der Waals surface area contributed by atoms with Gasteiger partial charge in [0.15, 0.2) is 0 Å². The first-order valence-electron chi connectivity index (χ1n) is 9.46. The number of aromatic hydroxyl groups is 1. The van der Waals surface area contributed by atoms with Crippen LogP contribution >= 0.6 is 15.9 Å². The number of alkyl halides is 3. The van der Waals surface area contributed by atoms with E-state index in [1.807, 2.05) is 18.2 Å². The Balaban J connectivity index is 1.77. The lowest BCUT2D eigenvalue weighted by Crippen LogP contribution is -2.13. The van der Waals surface area contributed by atoms with Crippen molar-refractivity contribution in [1.82, 2.24) is 0 Å². The fourth-order valence-electron chi connectivity index (χ4n) is 3.67. The number of hydrogen-bond donors (Lipinski definition) is 1. The summed E-state index contributed by atoms with van der Waals surface area (Å²) in [4.78, 5) is 0. The quantitative estimate of drug-likeness (QED) is 0.430. The van der Waals surface area contributed by atoms with Crippen molar-refractivity contribution in [3.8, 4) is 17.2 Å². The number of allylic oxidation sites excluding steroid dienone is 1. The Kier molecular flexibility index (Phi) is 5.71. The fourth-order valence-corrected chi connectivity index (χ4v) is 4.19. The molecule has 1 atom stereocenters. The SMILES string of the molecule is COc1cc2c(cc1Br)C(Cc1ccc(O)cc1)C(c1ccc(C(F)(F)F)cc1)=CO2. The van der Waals surface area contributed by atoms with Crippen LogP contribution in [0.3, 0.4) is 0 Å². The summed E-state index contributed by atoms with van der Waals surface area (Å²) >= 11 is 3.51. The third-order valence-electron chi connectivity index (χ3n) is 5.27. The monoisotopic (exact) mass is 490 g/mol. The molecule has 1 unspecified atom stereocenters. The van der Waals surface area contributed by atoms with Crippen molar-refractivity contribution in [2.24, 2.45) is 0 Å². The summed E-state index contributed by atoms with van der Waals surface area (Å²) in [5.74, 6) is 1.24. The molecule has 0 aromatic heterocycles. The van der Waals surface area contributed by atoms with Crippen molar-refractivity contribution in [2.75, 3.05) is 7.11 Å². The molecule has 3 nitrogen and oxygen atoms in total. The van der Waals surface area contributed by atoms with Crippen LogP contribution in [0.2, 0.25) is 0 Å². The Morgan fingerprint density at radius 1 is 1.03 bits per heavy atom. The number of phenolic OH excluding ortho intramolecular Hbond substituents is 1. The second-order valence-electron chi connectivity index (χ2n) is 7.21. The minimum atomic E-state index is -4.39. The number of fused-ring (bicyclic) bond motifs is 1. The second-order valence-corrected chi connectivity index (χ2v) is 8.07. The van der Waals surface area contributed by atoms with Gasteiger partial charge in [0.05, 0.1) is 23.4 Å². The largest absolute Gasteiger partial charge is 0.508 e. The van der Waals surface area contributed by atoms with Crippen LogP contribution < -0.4 is 9.47 Å². The Bertz CT molecular complexity index is 1120. The van der Waals surface area contributed by atoms with Crippen molar-refractivity contribution in [2.45, 2.75) is 18.5 Å². The van der Waals surface area contributed by atoms with E-state index in [-0.39, 0.29) is 11.7 Å². The molecule has 0 saturated carbocycles. The van der Waals surface area contributed by atoms with Gasteiger partial charge in [-0.1, -0.05) is 24.3 Å². The highest BCUT2D eigenvalue weighted by molar-refractivity contribution is 9.10. The van der Waals surface area contributed by atoms with Gasteiger partial charge in [0.2, 0.25) is 0 Å². The summed E-state index contributed by atoms with van der Waals surface area (Å²) in [6, 6.07) is 15.7. The summed E-state index contributed by atoms with van der Waals surface area (Å²) in [7, 11) is 1.56. The molecule has 1 aliphatic rings. The van der Waals surface area contributed by atoms with E-state index in [4.69, 9.17) is 9.47 Å². The number of rotatable bonds is 4. The standard InChI is InChI=1S/C24H18BrF3O3/c1-30-23-12-22-19(11-21(23)25)18(10-14-2-8-17(29)9-3-14)20(13-31-22)15-4-6-16(7-5-15)24(26,27)28/h2-9,11-13,18,29H,10H2,1H3. The molecule has 7 heteroatoms. The lowest BCUT2D eigenvalue weighted by molar-refractivity contribution is -0.137. The number of methoxy groups -OCH3 is 1. The van der Waals surface area contributed by atoms with Gasteiger partial charge in [-0.25, -0.2) is 0 Å². The summed E-state index contributed by atoms with van der Waals surface area (Å²) in [6.07, 6.45) is -2.24. The second kappa shape index (κ2) is 8.30. The molecule has 4 rings (SSSR count). The smallest absolute Gasteiger partial charge is 0.416 e. The maximum Gasteiger partial charge on any atom is 0.416 e. The maximum absolute atomic E-state index is 13.0. The first kappa shape index (κ1) is 21.3. The number of phenols is 1. The van der Waals surface area contributed by atoms with E-state index < -0.39 is 11.7 Å². The lowest BCUT2D eigenvalue weighted by Gasteiger charge is -2.28. The molecule has 0 bridgehead atoms. The summed E-state index contributed by atoms with van der Waals surface area (Å²) in [5.41, 5.74) is 2.58. The van der Waals surface area contributed by atoms with Crippen LogP contribution in [0.4, 0.5) is 13.2 Å². The van der Waals surface area contributed by atoms with Crippen LogP contribution in [0.15, 0.2) is 71.4 Å². The Labute approximate surface area is 185 Å². The molecule has 1 aliphatic heterocycles. The predicted molar refractivity (Wildman–Crippen MR) is 115 cm³/mol. The Morgan fingerprint density at radius 2 is 1.71 bits per heavy atom. The number of hydrogen-bond acceptors (Lipinski definition) is 3. The first-order chi connectivity index (χ1) is 14.8. The van der Waals surface area contributed by atoms with Gasteiger partial charge in [-0.15, -0.1) is 0 Å². The molecule has 0 saturated heterocycles. The van der Waals surface area contributed by atoms with E-state index >= 15 is 0 Å². The zero-order chi connectivity index (χ0) is 22.2. The third-order valence-corrected chi connectivity index (χ3v) is 5.89. The first-order valence-corrected chi connectivity index (χ1v) is 10.2. The van der Waals surface area contributed by atoms with Gasteiger partial charge in [0.1, 0.15) is 17.2 Å². The molecular weight excluding hydrogens is 473 g/mol. The highest BCUT2D eigenvalue weighted by atomic mass is 79.9. The summed E-state index contributed by atoms with van der Waals surface area (Å²) < 4.78 is 50.9. The van der Waals surface area contributed by atoms with Gasteiger partial charge in [-0.3, -0.25) is 0 Å². The topological polar surface area (TPSA) is 38.7 Å². The van der Waals surface area contributed by atoms with Gasteiger partial charge in [-0.05, 0) is 63.8 Å². The molecule has 1 N–H and O–H groups in total. The average Bonchev–Trinajstić information content (AvgIpc) is 2.75. The molecular formula is C24H18BrF3O3. The van der Waals surface area contributed by atoms with Crippen LogP contribution in [0.25, 0.3) is 5.57 Å². The lowest BCUT2D eigenvalue weighted by atomic mass is 9.81. The van der Waals surface area contributed by atoms with Crippen molar-refractivity contribution < 1.29 is 27.8 Å². The molecule has 1 heterocycles. The highest BCUT2D eigenvalue weighted by Gasteiger charge is 2.31. The predicted octanol–water partition coefficient (Wildman–Crippen LogP) is 6.94. The Morgan fingerprint density at radius 3 is 2.32 bits per heavy atom. The fraction of sp³-hybridized carbons (Fsp3) is 0.167. The van der Waals surface area contributed by atoms with Crippen LogP contribution in [0.1, 0.15) is 28.2 Å². The summed E-state index contributed by atoms with van der Waals surface area (Å²) in [6.45, 7) is 0. The van der Waals surface area contributed by atoms with Gasteiger partial charge in [-0.2, -0.15) is 13.2 Å². The van der Waals surface area contributed by atoms with Crippen molar-refractivity contribution >= 4 is 21.5 Å². The Hall–Kier alpha value is -2.93. The van der Waals surface area contributed by atoms with Crippen LogP contribution in [-0.4, -0.2) is 12.2 Å². The molecule has 31 heavy (non-hydrogen) atoms. The normalized spacial score (nSPS) is 15.6. The van der Waals surface area contributed by atoms with E-state index in [0.29, 0.717) is 23.5 Å². The van der Waals surface area contributed by atoms with E-state index in [0.717, 1.165) is 33.3 Å². The number of halogens is 4. The summed E-state index contributed by atoms with van der Waals surface area (Å²) in [5, 5.41) is 9.59. The van der Waals surface area contributed by atoms with Crippen LogP contribution in [-0.2, 0) is 12.6 Å². The van der Waals surface area contributed by atoms with Crippen molar-refractivity contribution in [3.63, 3.8) is 0 Å². The minimum Gasteiger partial charge on any atom is -0.508 e. The van der Waals surface area contributed by atoms with E-state index in [9.17, 15) is 18.3 Å². The maximum atomic E-state index is 13.0. The average molecular weight is 491 g/mol. The molecule has 3 aromatic carbocycles. The number of benzene rings is 3. The van der Waals surface area contributed by atoms with E-state index in [1.54, 1.807) is 31.6 Å². The van der Waals surface area contributed by atoms with Gasteiger partial charge < -0.3 is 14.6 Å². The molecule has 0 radical (unpaired) electrons. The zero-order valence-electron chi connectivity index (χ0n) is 16.4. The molecule has 0 spiro atoms. The highest BCUT2D eigenvalue weighted by Crippen LogP contribution is 2.46. The number of ether oxygens (including phenoxy) is 2. The van der Waals surface area contributed by atoms with Gasteiger partial charge in [0.25, 0.3) is 0 Å². The molecule has 0 aliphatic carbocycles. The zero-order valence-corrected chi connectivity index (χ0v) is 18.0. The van der Waals surface area contributed by atoms with Crippen molar-refractivity contribution in [1.29, 1.82) is 0 Å². The molecule has 0 fully saturated rings. The van der Waals surface area contributed by atoms with E-state index in [1.165, 1.54) is 12.1 Å². The van der Waals surface area contributed by atoms with Gasteiger partial charge in [0, 0.05) is 23.1 Å². The van der Waals surface area contributed by atoms with Crippen LogP contribution in [0.5, 0.6) is 17.2 Å². The van der Waals surface area contributed by atoms with Crippen LogP contribution in [0, 0.1) is 0 Å². The molecule has 3 aromatic rings.